The first-order chi connectivity index (χ1) is 14.2. The number of carbonyl (C=O) groups excluding carboxylic acids is 2. The minimum atomic E-state index is -0.282. The normalized spacial score (nSPS) is 10.5. The third-order valence-corrected chi connectivity index (χ3v) is 5.88. The van der Waals surface area contributed by atoms with Gasteiger partial charge in [0.2, 0.25) is 5.91 Å². The summed E-state index contributed by atoms with van der Waals surface area (Å²) in [6.45, 7) is -0.0875. The van der Waals surface area contributed by atoms with Crippen molar-refractivity contribution in [2.24, 2.45) is 0 Å². The number of aromatic nitrogens is 1. The van der Waals surface area contributed by atoms with Gasteiger partial charge in [-0.05, 0) is 23.6 Å². The molecular weight excluding hydrogens is 402 g/mol. The van der Waals surface area contributed by atoms with Gasteiger partial charge < -0.3 is 10.6 Å². The van der Waals surface area contributed by atoms with E-state index < -0.39 is 0 Å². The third-order valence-electron chi connectivity index (χ3n) is 4.12. The fourth-order valence-electron chi connectivity index (χ4n) is 2.74. The van der Waals surface area contributed by atoms with Crippen LogP contribution in [0, 0.1) is 0 Å². The van der Waals surface area contributed by atoms with E-state index in [0.717, 1.165) is 21.8 Å². The van der Waals surface area contributed by atoms with Gasteiger partial charge >= 0.3 is 0 Å². The highest BCUT2D eigenvalue weighted by atomic mass is 32.1. The van der Waals surface area contributed by atoms with Crippen LogP contribution in [0.5, 0.6) is 0 Å². The van der Waals surface area contributed by atoms with E-state index in [1.165, 1.54) is 11.3 Å². The van der Waals surface area contributed by atoms with E-state index in [1.54, 1.807) is 23.5 Å². The maximum Gasteiger partial charge on any atom is 0.261 e. The summed E-state index contributed by atoms with van der Waals surface area (Å²) in [5, 5.41) is 10.2. The minimum absolute atomic E-state index is 0.0875. The molecular formula is C22H17N3O2S2. The van der Waals surface area contributed by atoms with Gasteiger partial charge in [-0.1, -0.05) is 48.5 Å². The number of amides is 2. The van der Waals surface area contributed by atoms with Gasteiger partial charge in [0.25, 0.3) is 5.91 Å². The van der Waals surface area contributed by atoms with E-state index in [0.29, 0.717) is 10.6 Å². The molecule has 2 heterocycles. The van der Waals surface area contributed by atoms with Crippen molar-refractivity contribution in [1.29, 1.82) is 0 Å². The van der Waals surface area contributed by atoms with Crippen molar-refractivity contribution in [1.82, 2.24) is 10.3 Å². The molecule has 7 heteroatoms. The zero-order valence-electron chi connectivity index (χ0n) is 15.3. The Morgan fingerprint density at radius 3 is 2.52 bits per heavy atom. The maximum atomic E-state index is 12.2. The lowest BCUT2D eigenvalue weighted by atomic mass is 10.1. The van der Waals surface area contributed by atoms with Gasteiger partial charge in [-0.15, -0.1) is 22.7 Å². The number of rotatable bonds is 6. The van der Waals surface area contributed by atoms with E-state index in [1.807, 2.05) is 65.4 Å². The Balaban J connectivity index is 1.40. The predicted molar refractivity (Wildman–Crippen MR) is 118 cm³/mol. The summed E-state index contributed by atoms with van der Waals surface area (Å²) in [5.74, 6) is -0.532. The third kappa shape index (κ3) is 4.77. The molecule has 0 spiro atoms. The number of benzene rings is 2. The van der Waals surface area contributed by atoms with Gasteiger partial charge in [-0.25, -0.2) is 4.98 Å². The molecule has 0 saturated carbocycles. The SMILES string of the molecule is O=C(CNC(=O)c1cccs1)Nc1cccc(-c2csc(-c3ccccc3)n2)c1. The molecule has 0 aliphatic carbocycles. The van der Waals surface area contributed by atoms with Gasteiger partial charge in [0.05, 0.1) is 17.1 Å². The highest BCUT2D eigenvalue weighted by Gasteiger charge is 2.10. The fourth-order valence-corrected chi connectivity index (χ4v) is 4.21. The lowest BCUT2D eigenvalue weighted by molar-refractivity contribution is -0.115. The Morgan fingerprint density at radius 1 is 0.897 bits per heavy atom. The molecule has 0 radical (unpaired) electrons. The molecule has 5 nitrogen and oxygen atoms in total. The Kier molecular flexibility index (Phi) is 5.79. The van der Waals surface area contributed by atoms with Crippen LogP contribution in [0.2, 0.25) is 0 Å². The second kappa shape index (κ2) is 8.81. The molecule has 0 unspecified atom stereocenters. The second-order valence-corrected chi connectivity index (χ2v) is 8.00. The Hall–Kier alpha value is -3.29. The highest BCUT2D eigenvalue weighted by molar-refractivity contribution is 7.13. The summed E-state index contributed by atoms with van der Waals surface area (Å²) in [7, 11) is 0. The first-order valence-electron chi connectivity index (χ1n) is 8.92. The smallest absolute Gasteiger partial charge is 0.261 e. The Morgan fingerprint density at radius 2 is 1.72 bits per heavy atom. The predicted octanol–water partition coefficient (Wildman–Crippen LogP) is 4.91. The minimum Gasteiger partial charge on any atom is -0.342 e. The first-order valence-corrected chi connectivity index (χ1v) is 10.7. The van der Waals surface area contributed by atoms with E-state index in [-0.39, 0.29) is 18.4 Å². The van der Waals surface area contributed by atoms with Crippen molar-refractivity contribution >= 4 is 40.2 Å². The quantitative estimate of drug-likeness (QED) is 0.467. The standard InChI is InChI=1S/C22H17N3O2S2/c26-20(13-23-21(27)19-10-5-11-28-19)24-17-9-4-8-16(12-17)18-14-29-22(25-18)15-6-2-1-3-7-15/h1-12,14H,13H2,(H,23,27)(H,24,26). The summed E-state index contributed by atoms with van der Waals surface area (Å²) in [5.41, 5.74) is 3.52. The largest absolute Gasteiger partial charge is 0.342 e. The molecule has 29 heavy (non-hydrogen) atoms. The molecule has 2 N–H and O–H groups in total. The summed E-state index contributed by atoms with van der Waals surface area (Å²) in [6, 6.07) is 21.1. The van der Waals surface area contributed by atoms with Crippen LogP contribution in [0.25, 0.3) is 21.8 Å². The van der Waals surface area contributed by atoms with Crippen LogP contribution in [0.3, 0.4) is 0 Å². The number of thiophene rings is 1. The summed E-state index contributed by atoms with van der Waals surface area (Å²) in [4.78, 5) is 29.4. The molecule has 0 atom stereocenters. The zero-order valence-corrected chi connectivity index (χ0v) is 16.9. The van der Waals surface area contributed by atoms with E-state index >= 15 is 0 Å². The molecule has 4 rings (SSSR count). The second-order valence-electron chi connectivity index (χ2n) is 6.19. The number of nitrogens with one attached hydrogen (secondary N) is 2. The molecule has 4 aromatic rings. The number of anilines is 1. The van der Waals surface area contributed by atoms with Crippen LogP contribution in [0.15, 0.2) is 77.5 Å². The molecule has 0 aliphatic heterocycles. The van der Waals surface area contributed by atoms with Crippen LogP contribution in [-0.4, -0.2) is 23.3 Å². The van der Waals surface area contributed by atoms with Crippen molar-refractivity contribution in [3.05, 3.63) is 82.4 Å². The lowest BCUT2D eigenvalue weighted by Gasteiger charge is -2.07. The van der Waals surface area contributed by atoms with Crippen LogP contribution in [0.4, 0.5) is 5.69 Å². The van der Waals surface area contributed by atoms with Gasteiger partial charge in [-0.2, -0.15) is 0 Å². The van der Waals surface area contributed by atoms with Gasteiger partial charge in [0.15, 0.2) is 0 Å². The van der Waals surface area contributed by atoms with Crippen LogP contribution in [-0.2, 0) is 4.79 Å². The van der Waals surface area contributed by atoms with Crippen molar-refractivity contribution in [2.45, 2.75) is 0 Å². The summed E-state index contributed by atoms with van der Waals surface area (Å²) in [6.07, 6.45) is 0. The monoisotopic (exact) mass is 419 g/mol. The highest BCUT2D eigenvalue weighted by Crippen LogP contribution is 2.29. The van der Waals surface area contributed by atoms with Crippen molar-refractivity contribution in [3.63, 3.8) is 0 Å². The van der Waals surface area contributed by atoms with E-state index in [9.17, 15) is 9.59 Å². The van der Waals surface area contributed by atoms with Gasteiger partial charge in [-0.3, -0.25) is 9.59 Å². The molecule has 0 saturated heterocycles. The average molecular weight is 420 g/mol. The number of carbonyl (C=O) groups is 2. The molecule has 144 valence electrons. The zero-order chi connectivity index (χ0) is 20.1. The molecule has 2 amide bonds. The molecule has 2 aromatic heterocycles. The van der Waals surface area contributed by atoms with Crippen LogP contribution >= 0.6 is 22.7 Å². The maximum absolute atomic E-state index is 12.2. The molecule has 0 aliphatic rings. The first kappa shape index (κ1) is 19.0. The fraction of sp³-hybridized carbons (Fsp3) is 0.0455. The number of hydrogen-bond donors (Lipinski definition) is 2. The molecule has 0 bridgehead atoms. The summed E-state index contributed by atoms with van der Waals surface area (Å²) < 4.78 is 0. The lowest BCUT2D eigenvalue weighted by Crippen LogP contribution is -2.32. The van der Waals surface area contributed by atoms with E-state index in [2.05, 4.69) is 10.6 Å². The van der Waals surface area contributed by atoms with Crippen LogP contribution < -0.4 is 10.6 Å². The molecule has 2 aromatic carbocycles. The number of thiazole rings is 1. The number of hydrogen-bond acceptors (Lipinski definition) is 5. The molecule has 0 fully saturated rings. The Labute approximate surface area is 176 Å². The summed E-state index contributed by atoms with van der Waals surface area (Å²) >= 11 is 2.92. The van der Waals surface area contributed by atoms with Gasteiger partial charge in [0, 0.05) is 22.2 Å². The number of nitrogens with zero attached hydrogens (tertiary/aromatic N) is 1. The van der Waals surface area contributed by atoms with Crippen molar-refractivity contribution in [3.8, 4) is 21.8 Å². The Bertz CT molecular complexity index is 1120. The van der Waals surface area contributed by atoms with E-state index in [4.69, 9.17) is 4.98 Å². The average Bonchev–Trinajstić information content (AvgIpc) is 3.45. The van der Waals surface area contributed by atoms with Gasteiger partial charge in [0.1, 0.15) is 5.01 Å². The topological polar surface area (TPSA) is 71.1 Å². The van der Waals surface area contributed by atoms with Crippen molar-refractivity contribution < 1.29 is 9.59 Å². The van der Waals surface area contributed by atoms with Crippen LogP contribution in [0.1, 0.15) is 9.67 Å². The van der Waals surface area contributed by atoms with Crippen molar-refractivity contribution in [2.75, 3.05) is 11.9 Å².